The fourth-order valence-electron chi connectivity index (χ4n) is 3.62. The largest absolute Gasteiger partial charge is 0.354 e. The number of rotatable bonds is 5. The van der Waals surface area contributed by atoms with E-state index in [1.54, 1.807) is 0 Å². The van der Waals surface area contributed by atoms with Gasteiger partial charge in [0.2, 0.25) is 5.91 Å². The van der Waals surface area contributed by atoms with Crippen LogP contribution in [0, 0.1) is 5.92 Å². The summed E-state index contributed by atoms with van der Waals surface area (Å²) in [6, 6.07) is 0.864. The molecule has 0 radical (unpaired) electrons. The molecule has 3 aliphatic rings. The Morgan fingerprint density at radius 3 is 2.57 bits per heavy atom. The van der Waals surface area contributed by atoms with Crippen molar-refractivity contribution in [1.29, 1.82) is 0 Å². The molecule has 1 atom stereocenters. The maximum absolute atomic E-state index is 12.6. The number of likely N-dealkylation sites (tertiary alicyclic amines) is 1. The molecule has 1 unspecified atom stereocenters. The number of amides is 1. The third-order valence-electron chi connectivity index (χ3n) is 5.40. The Labute approximate surface area is 128 Å². The van der Waals surface area contributed by atoms with Crippen LogP contribution in [0.15, 0.2) is 0 Å². The zero-order valence-corrected chi connectivity index (χ0v) is 13.5. The lowest BCUT2D eigenvalue weighted by Gasteiger charge is -2.40. The number of nitrogens with zero attached hydrogens (tertiary/aromatic N) is 2. The summed E-state index contributed by atoms with van der Waals surface area (Å²) in [7, 11) is 0. The van der Waals surface area contributed by atoms with Crippen LogP contribution in [0.2, 0.25) is 0 Å². The highest BCUT2D eigenvalue weighted by molar-refractivity contribution is 5.85. The monoisotopic (exact) mass is 294 g/mol. The minimum Gasteiger partial charge on any atom is -0.354 e. The predicted octanol–water partition coefficient (Wildman–Crippen LogP) is 0.271. The fourth-order valence-corrected chi connectivity index (χ4v) is 3.62. The summed E-state index contributed by atoms with van der Waals surface area (Å²) in [6.45, 7) is 11.2. The Morgan fingerprint density at radius 2 is 1.90 bits per heavy atom. The maximum Gasteiger partial charge on any atom is 0.239 e. The van der Waals surface area contributed by atoms with Crippen LogP contribution < -0.4 is 10.6 Å². The SMILES string of the molecule is CC(C)(C(=O)NCC1CCN(C2CC2)C1)N1CCNCC1. The molecule has 120 valence electrons. The second-order valence-electron chi connectivity index (χ2n) is 7.39. The lowest BCUT2D eigenvalue weighted by molar-refractivity contribution is -0.132. The molecule has 3 fully saturated rings. The van der Waals surface area contributed by atoms with Crippen LogP contribution in [0.25, 0.3) is 0 Å². The summed E-state index contributed by atoms with van der Waals surface area (Å²) in [4.78, 5) is 17.5. The molecule has 1 amide bonds. The Kier molecular flexibility index (Phi) is 4.52. The molecule has 21 heavy (non-hydrogen) atoms. The van der Waals surface area contributed by atoms with E-state index in [-0.39, 0.29) is 5.91 Å². The lowest BCUT2D eigenvalue weighted by atomic mass is 9.99. The molecule has 5 nitrogen and oxygen atoms in total. The van der Waals surface area contributed by atoms with E-state index in [9.17, 15) is 4.79 Å². The Bertz CT molecular complexity index is 374. The van der Waals surface area contributed by atoms with Crippen LogP contribution in [-0.2, 0) is 4.79 Å². The van der Waals surface area contributed by atoms with Crippen molar-refractivity contribution in [2.24, 2.45) is 5.92 Å². The van der Waals surface area contributed by atoms with Gasteiger partial charge in [-0.2, -0.15) is 0 Å². The van der Waals surface area contributed by atoms with Gasteiger partial charge in [0, 0.05) is 45.3 Å². The van der Waals surface area contributed by atoms with Crippen molar-refractivity contribution in [3.8, 4) is 0 Å². The van der Waals surface area contributed by atoms with Crippen molar-refractivity contribution in [2.75, 3.05) is 45.8 Å². The van der Waals surface area contributed by atoms with E-state index in [4.69, 9.17) is 0 Å². The van der Waals surface area contributed by atoms with Gasteiger partial charge >= 0.3 is 0 Å². The molecule has 2 N–H and O–H groups in total. The Morgan fingerprint density at radius 1 is 1.19 bits per heavy atom. The van der Waals surface area contributed by atoms with Crippen molar-refractivity contribution in [2.45, 2.75) is 44.7 Å². The van der Waals surface area contributed by atoms with Gasteiger partial charge in [0.25, 0.3) is 0 Å². The summed E-state index contributed by atoms with van der Waals surface area (Å²) in [5.41, 5.74) is -0.392. The molecule has 0 bridgehead atoms. The smallest absolute Gasteiger partial charge is 0.239 e. The van der Waals surface area contributed by atoms with Gasteiger partial charge in [-0.1, -0.05) is 0 Å². The minimum atomic E-state index is -0.392. The molecule has 0 aromatic carbocycles. The number of hydrogen-bond donors (Lipinski definition) is 2. The first-order valence-electron chi connectivity index (χ1n) is 8.55. The van der Waals surface area contributed by atoms with E-state index < -0.39 is 5.54 Å². The number of nitrogens with one attached hydrogen (secondary N) is 2. The molecule has 1 saturated carbocycles. The first kappa shape index (κ1) is 15.3. The van der Waals surface area contributed by atoms with Crippen LogP contribution in [-0.4, -0.2) is 73.1 Å². The molecular formula is C16H30N4O. The molecule has 2 aliphatic heterocycles. The molecule has 0 aromatic rings. The number of hydrogen-bond acceptors (Lipinski definition) is 4. The van der Waals surface area contributed by atoms with E-state index in [1.807, 2.05) is 0 Å². The van der Waals surface area contributed by atoms with Gasteiger partial charge in [-0.05, 0) is 45.6 Å². The molecule has 5 heteroatoms. The summed E-state index contributed by atoms with van der Waals surface area (Å²) < 4.78 is 0. The van der Waals surface area contributed by atoms with E-state index in [1.165, 1.54) is 32.4 Å². The first-order valence-corrected chi connectivity index (χ1v) is 8.55. The van der Waals surface area contributed by atoms with Gasteiger partial charge in [0.15, 0.2) is 0 Å². The highest BCUT2D eigenvalue weighted by Crippen LogP contribution is 2.31. The van der Waals surface area contributed by atoms with E-state index in [0.717, 1.165) is 38.8 Å². The molecule has 0 aromatic heterocycles. The Balaban J connectivity index is 1.44. The first-order chi connectivity index (χ1) is 10.1. The van der Waals surface area contributed by atoms with E-state index in [2.05, 4.69) is 34.3 Å². The minimum absolute atomic E-state index is 0.189. The summed E-state index contributed by atoms with van der Waals surface area (Å²) >= 11 is 0. The van der Waals surface area contributed by atoms with Crippen molar-refractivity contribution < 1.29 is 4.79 Å². The van der Waals surface area contributed by atoms with E-state index in [0.29, 0.717) is 5.92 Å². The van der Waals surface area contributed by atoms with Crippen LogP contribution in [0.4, 0.5) is 0 Å². The standard InChI is InChI=1S/C16H30N4O/c1-16(2,20-9-6-17-7-10-20)15(21)18-11-13-5-8-19(12-13)14-3-4-14/h13-14,17H,3-12H2,1-2H3,(H,18,21). The highest BCUT2D eigenvalue weighted by atomic mass is 16.2. The van der Waals surface area contributed by atoms with Gasteiger partial charge in [0.05, 0.1) is 5.54 Å². The summed E-state index contributed by atoms with van der Waals surface area (Å²) in [6.07, 6.45) is 4.01. The third kappa shape index (κ3) is 3.58. The molecule has 2 saturated heterocycles. The summed E-state index contributed by atoms with van der Waals surface area (Å²) in [5.74, 6) is 0.836. The van der Waals surface area contributed by atoms with Gasteiger partial charge < -0.3 is 15.5 Å². The van der Waals surface area contributed by atoms with Crippen LogP contribution in [0.1, 0.15) is 33.1 Å². The van der Waals surface area contributed by atoms with Gasteiger partial charge in [-0.25, -0.2) is 0 Å². The summed E-state index contributed by atoms with van der Waals surface area (Å²) in [5, 5.41) is 6.56. The topological polar surface area (TPSA) is 47.6 Å². The maximum atomic E-state index is 12.6. The molecule has 2 heterocycles. The lowest BCUT2D eigenvalue weighted by Crippen LogP contribution is -2.60. The molecule has 0 spiro atoms. The average molecular weight is 294 g/mol. The van der Waals surface area contributed by atoms with Crippen molar-refractivity contribution >= 4 is 5.91 Å². The quantitative estimate of drug-likeness (QED) is 0.764. The highest BCUT2D eigenvalue weighted by Gasteiger charge is 2.37. The van der Waals surface area contributed by atoms with Gasteiger partial charge in [-0.15, -0.1) is 0 Å². The van der Waals surface area contributed by atoms with E-state index >= 15 is 0 Å². The molecule has 3 rings (SSSR count). The van der Waals surface area contributed by atoms with Gasteiger partial charge in [-0.3, -0.25) is 9.69 Å². The number of carbonyl (C=O) groups excluding carboxylic acids is 1. The van der Waals surface area contributed by atoms with Crippen LogP contribution in [0.3, 0.4) is 0 Å². The zero-order chi connectivity index (χ0) is 14.9. The molecular weight excluding hydrogens is 264 g/mol. The molecule has 1 aliphatic carbocycles. The van der Waals surface area contributed by atoms with Crippen LogP contribution >= 0.6 is 0 Å². The zero-order valence-electron chi connectivity index (χ0n) is 13.5. The second-order valence-corrected chi connectivity index (χ2v) is 7.39. The van der Waals surface area contributed by atoms with Crippen molar-refractivity contribution in [3.05, 3.63) is 0 Å². The van der Waals surface area contributed by atoms with Gasteiger partial charge in [0.1, 0.15) is 0 Å². The predicted molar refractivity (Wildman–Crippen MR) is 84.2 cm³/mol. The fraction of sp³-hybridized carbons (Fsp3) is 0.938. The van der Waals surface area contributed by atoms with Crippen LogP contribution in [0.5, 0.6) is 0 Å². The average Bonchev–Trinajstić information content (AvgIpc) is 3.24. The normalized spacial score (nSPS) is 28.8. The van der Waals surface area contributed by atoms with Crippen molar-refractivity contribution in [3.63, 3.8) is 0 Å². The number of carbonyl (C=O) groups is 1. The third-order valence-corrected chi connectivity index (χ3v) is 5.40. The van der Waals surface area contributed by atoms with Crippen molar-refractivity contribution in [1.82, 2.24) is 20.4 Å². The number of piperazine rings is 1. The second kappa shape index (κ2) is 6.23. The Hall–Kier alpha value is -0.650.